The Morgan fingerprint density at radius 3 is 1.00 bits per heavy atom. The number of carbonyl (C=O) groups is 3. The van der Waals surface area contributed by atoms with E-state index in [0.717, 1.165) is 75.5 Å². The van der Waals surface area contributed by atoms with Gasteiger partial charge in [-0.3, -0.25) is 14.4 Å². The van der Waals surface area contributed by atoms with Crippen molar-refractivity contribution in [3.8, 4) is 0 Å². The Morgan fingerprint density at radius 1 is 0.385 bits per heavy atom. The van der Waals surface area contributed by atoms with Gasteiger partial charge in [0.25, 0.3) is 0 Å². The van der Waals surface area contributed by atoms with Crippen LogP contribution in [-0.2, 0) is 28.6 Å². The van der Waals surface area contributed by atoms with Crippen molar-refractivity contribution in [2.75, 3.05) is 13.2 Å². The Morgan fingerprint density at radius 2 is 0.673 bits per heavy atom. The highest BCUT2D eigenvalue weighted by molar-refractivity contribution is 5.71. The zero-order chi connectivity index (χ0) is 38.5. The monoisotopic (exact) mass is 737 g/mol. The first-order chi connectivity index (χ1) is 25.2. The third-order valence-corrected chi connectivity index (χ3v) is 10.9. The number of carbonyl (C=O) groups excluding carboxylic acids is 3. The van der Waals surface area contributed by atoms with Crippen LogP contribution in [0.2, 0.25) is 0 Å². The molecule has 308 valence electrons. The first kappa shape index (κ1) is 50.4. The van der Waals surface area contributed by atoms with Crippen molar-refractivity contribution >= 4 is 17.9 Å². The Balaban J connectivity index is 4.34. The predicted octanol–water partition coefficient (Wildman–Crippen LogP) is 14.0. The second-order valence-corrected chi connectivity index (χ2v) is 16.6. The molecule has 0 heterocycles. The van der Waals surface area contributed by atoms with Gasteiger partial charge in [0, 0.05) is 19.3 Å². The summed E-state index contributed by atoms with van der Waals surface area (Å²) in [6, 6.07) is 0. The zero-order valence-electron chi connectivity index (χ0n) is 35.6. The van der Waals surface area contributed by atoms with Crippen molar-refractivity contribution in [2.24, 2.45) is 17.8 Å². The molecule has 52 heavy (non-hydrogen) atoms. The Hall–Kier alpha value is -1.59. The lowest BCUT2D eigenvalue weighted by molar-refractivity contribution is -0.167. The second-order valence-electron chi connectivity index (χ2n) is 16.6. The summed E-state index contributed by atoms with van der Waals surface area (Å²) in [5.41, 5.74) is 0. The molecule has 6 nitrogen and oxygen atoms in total. The summed E-state index contributed by atoms with van der Waals surface area (Å²) in [5, 5.41) is 0. The van der Waals surface area contributed by atoms with Crippen molar-refractivity contribution in [1.29, 1.82) is 0 Å². The van der Waals surface area contributed by atoms with Crippen LogP contribution in [0, 0.1) is 17.8 Å². The fourth-order valence-electron chi connectivity index (χ4n) is 6.64. The fraction of sp³-hybridized carbons (Fsp3) is 0.935. The summed E-state index contributed by atoms with van der Waals surface area (Å²) in [6.45, 7) is 13.6. The highest BCUT2D eigenvalue weighted by atomic mass is 16.6. The maximum Gasteiger partial charge on any atom is 0.306 e. The van der Waals surface area contributed by atoms with Crippen molar-refractivity contribution in [1.82, 2.24) is 0 Å². The van der Waals surface area contributed by atoms with Crippen LogP contribution in [-0.4, -0.2) is 37.2 Å². The molecule has 0 fully saturated rings. The van der Waals surface area contributed by atoms with Gasteiger partial charge in [0.1, 0.15) is 13.2 Å². The van der Waals surface area contributed by atoms with Crippen LogP contribution in [0.4, 0.5) is 0 Å². The molecule has 0 saturated carbocycles. The minimum atomic E-state index is -0.762. The quantitative estimate of drug-likeness (QED) is 0.0355. The molecule has 0 amide bonds. The van der Waals surface area contributed by atoms with Gasteiger partial charge in [-0.15, -0.1) is 0 Å². The van der Waals surface area contributed by atoms with Gasteiger partial charge in [-0.05, 0) is 37.0 Å². The Bertz CT molecular complexity index is 811. The van der Waals surface area contributed by atoms with E-state index in [2.05, 4.69) is 41.5 Å². The first-order valence-electron chi connectivity index (χ1n) is 22.7. The lowest BCUT2D eigenvalue weighted by atomic mass is 9.99. The molecule has 0 radical (unpaired) electrons. The molecule has 0 aliphatic carbocycles. The van der Waals surface area contributed by atoms with Gasteiger partial charge in [0.15, 0.2) is 6.10 Å². The van der Waals surface area contributed by atoms with Crippen LogP contribution in [0.1, 0.15) is 241 Å². The zero-order valence-corrected chi connectivity index (χ0v) is 35.6. The van der Waals surface area contributed by atoms with Crippen LogP contribution in [0.5, 0.6) is 0 Å². The van der Waals surface area contributed by atoms with Gasteiger partial charge in [-0.25, -0.2) is 0 Å². The summed E-state index contributed by atoms with van der Waals surface area (Å²) in [5.74, 6) is 1.59. The van der Waals surface area contributed by atoms with E-state index in [4.69, 9.17) is 14.2 Å². The molecule has 0 N–H and O–H groups in total. The van der Waals surface area contributed by atoms with Gasteiger partial charge in [0.05, 0.1) is 0 Å². The molecule has 0 bridgehead atoms. The van der Waals surface area contributed by atoms with Crippen molar-refractivity contribution < 1.29 is 28.6 Å². The van der Waals surface area contributed by atoms with Gasteiger partial charge in [0.2, 0.25) is 0 Å². The summed E-state index contributed by atoms with van der Waals surface area (Å²) >= 11 is 0. The average Bonchev–Trinajstić information content (AvgIpc) is 3.12. The molecule has 0 saturated heterocycles. The van der Waals surface area contributed by atoms with Gasteiger partial charge in [-0.1, -0.05) is 202 Å². The number of hydrogen-bond donors (Lipinski definition) is 0. The topological polar surface area (TPSA) is 78.9 Å². The maximum atomic E-state index is 12.7. The lowest BCUT2D eigenvalue weighted by Crippen LogP contribution is -2.30. The Labute approximate surface area is 323 Å². The van der Waals surface area contributed by atoms with E-state index < -0.39 is 6.10 Å². The van der Waals surface area contributed by atoms with Crippen LogP contribution in [0.25, 0.3) is 0 Å². The molecule has 2 unspecified atom stereocenters. The molecule has 0 rings (SSSR count). The van der Waals surface area contributed by atoms with Crippen LogP contribution < -0.4 is 0 Å². The minimum Gasteiger partial charge on any atom is -0.462 e. The van der Waals surface area contributed by atoms with E-state index in [-0.39, 0.29) is 31.1 Å². The normalized spacial score (nSPS) is 13.2. The van der Waals surface area contributed by atoms with Crippen molar-refractivity contribution in [3.05, 3.63) is 0 Å². The van der Waals surface area contributed by atoms with Crippen molar-refractivity contribution in [3.63, 3.8) is 0 Å². The second kappa shape index (κ2) is 37.7. The molecular formula is C46H88O6. The molecular weight excluding hydrogens is 648 g/mol. The lowest BCUT2D eigenvalue weighted by Gasteiger charge is -2.18. The Kier molecular flexibility index (Phi) is 36.6. The number of ether oxygens (including phenoxy) is 3. The largest absolute Gasteiger partial charge is 0.462 e. The van der Waals surface area contributed by atoms with E-state index in [1.165, 1.54) is 122 Å². The maximum absolute atomic E-state index is 12.7. The van der Waals surface area contributed by atoms with E-state index in [9.17, 15) is 14.4 Å². The van der Waals surface area contributed by atoms with Gasteiger partial charge in [-0.2, -0.15) is 0 Å². The van der Waals surface area contributed by atoms with Gasteiger partial charge >= 0.3 is 17.9 Å². The van der Waals surface area contributed by atoms with Crippen molar-refractivity contribution in [2.45, 2.75) is 247 Å². The molecule has 0 aliphatic heterocycles. The van der Waals surface area contributed by atoms with Gasteiger partial charge < -0.3 is 14.2 Å². The third-order valence-electron chi connectivity index (χ3n) is 10.9. The molecule has 3 atom stereocenters. The number of hydrogen-bond acceptors (Lipinski definition) is 6. The smallest absolute Gasteiger partial charge is 0.306 e. The highest BCUT2D eigenvalue weighted by Crippen LogP contribution is 2.17. The number of esters is 3. The number of rotatable bonds is 39. The summed E-state index contributed by atoms with van der Waals surface area (Å²) in [6.07, 6.45) is 33.8. The standard InChI is InChI=1S/C46H88O6/c1-7-41(5)33-27-21-15-11-9-10-12-16-23-29-35-44(47)50-38-43(52-46(49)37-31-25-19-18-22-28-34-42(6)8-2)39-51-45(48)36-30-24-17-13-14-20-26-32-40(3)4/h40-43H,7-39H2,1-6H3/t41?,42?,43-/m0/s1. The molecule has 0 aromatic carbocycles. The first-order valence-corrected chi connectivity index (χ1v) is 22.7. The summed E-state index contributed by atoms with van der Waals surface area (Å²) in [7, 11) is 0. The van der Waals surface area contributed by atoms with Crippen LogP contribution >= 0.6 is 0 Å². The molecule has 0 aromatic rings. The third kappa shape index (κ3) is 36.8. The molecule has 0 aromatic heterocycles. The minimum absolute atomic E-state index is 0.0673. The van der Waals surface area contributed by atoms with Crippen LogP contribution in [0.15, 0.2) is 0 Å². The number of unbranched alkanes of at least 4 members (excludes halogenated alkanes) is 20. The van der Waals surface area contributed by atoms with E-state index in [1.54, 1.807) is 0 Å². The molecule has 0 spiro atoms. The molecule has 6 heteroatoms. The SMILES string of the molecule is CCC(C)CCCCCCCCCCCCC(=O)OC[C@@H](COC(=O)CCCCCCCCCC(C)C)OC(=O)CCCCCCCCC(C)CC. The summed E-state index contributed by atoms with van der Waals surface area (Å²) in [4.78, 5) is 37.7. The van der Waals surface area contributed by atoms with E-state index in [1.807, 2.05) is 0 Å². The average molecular weight is 737 g/mol. The fourth-order valence-corrected chi connectivity index (χ4v) is 6.64. The van der Waals surface area contributed by atoms with E-state index in [0.29, 0.717) is 19.3 Å². The highest BCUT2D eigenvalue weighted by Gasteiger charge is 2.19. The molecule has 0 aliphatic rings. The predicted molar refractivity (Wildman–Crippen MR) is 219 cm³/mol. The van der Waals surface area contributed by atoms with Crippen LogP contribution in [0.3, 0.4) is 0 Å². The summed E-state index contributed by atoms with van der Waals surface area (Å²) < 4.78 is 16.7. The van der Waals surface area contributed by atoms with E-state index >= 15 is 0 Å².